The summed E-state index contributed by atoms with van der Waals surface area (Å²) >= 11 is 0. The van der Waals surface area contributed by atoms with E-state index in [2.05, 4.69) is 38.2 Å². The number of hydrogen-bond donors (Lipinski definition) is 1. The minimum atomic E-state index is -0.231. The van der Waals surface area contributed by atoms with Crippen LogP contribution in [0.15, 0.2) is 24.7 Å². The van der Waals surface area contributed by atoms with Crippen LogP contribution in [0.1, 0.15) is 55.7 Å². The van der Waals surface area contributed by atoms with Gasteiger partial charge in [0.25, 0.3) is 0 Å². The van der Waals surface area contributed by atoms with Gasteiger partial charge in [-0.25, -0.2) is 19.7 Å². The minimum absolute atomic E-state index is 0.175. The molecule has 3 aromatic rings. The van der Waals surface area contributed by atoms with Gasteiger partial charge in [-0.15, -0.1) is 0 Å². The number of cyclic esters (lactones) is 1. The average Bonchev–Trinajstić information content (AvgIpc) is 3.41. The van der Waals surface area contributed by atoms with Crippen LogP contribution in [0, 0.1) is 32.1 Å². The molecular formula is C24H25N7O2. The smallest absolute Gasteiger partial charge is 0.338 e. The molecule has 0 aliphatic carbocycles. The Labute approximate surface area is 192 Å². The average molecular weight is 444 g/mol. The maximum absolute atomic E-state index is 11.9. The maximum atomic E-state index is 11.9. The van der Waals surface area contributed by atoms with Gasteiger partial charge in [-0.05, 0) is 38.0 Å². The van der Waals surface area contributed by atoms with Gasteiger partial charge in [0.15, 0.2) is 0 Å². The van der Waals surface area contributed by atoms with Gasteiger partial charge in [0.1, 0.15) is 19.0 Å². The van der Waals surface area contributed by atoms with Gasteiger partial charge < -0.3 is 10.1 Å². The summed E-state index contributed by atoms with van der Waals surface area (Å²) in [7, 11) is 0. The summed E-state index contributed by atoms with van der Waals surface area (Å²) in [5.74, 6) is 0.288. The normalized spacial score (nSPS) is 18.1. The number of nitrogens with zero attached hydrogens (tertiary/aromatic N) is 6. The van der Waals surface area contributed by atoms with E-state index in [-0.39, 0.29) is 12.0 Å². The molecule has 0 saturated carbocycles. The van der Waals surface area contributed by atoms with Gasteiger partial charge >= 0.3 is 5.97 Å². The summed E-state index contributed by atoms with van der Waals surface area (Å²) in [6.45, 7) is 9.40. The maximum Gasteiger partial charge on any atom is 0.338 e. The van der Waals surface area contributed by atoms with E-state index in [1.165, 1.54) is 5.56 Å². The van der Waals surface area contributed by atoms with E-state index in [0.717, 1.165) is 36.5 Å². The zero-order valence-corrected chi connectivity index (χ0v) is 18.9. The van der Waals surface area contributed by atoms with E-state index in [4.69, 9.17) is 4.74 Å². The molecule has 5 rings (SSSR count). The Hall–Kier alpha value is -3.61. The molecule has 1 aromatic carbocycles. The highest BCUT2D eigenvalue weighted by molar-refractivity contribution is 5.94. The van der Waals surface area contributed by atoms with Crippen LogP contribution >= 0.6 is 0 Å². The van der Waals surface area contributed by atoms with E-state index in [1.807, 2.05) is 32.2 Å². The van der Waals surface area contributed by atoms with Crippen molar-refractivity contribution < 1.29 is 9.53 Å². The molecule has 0 radical (unpaired) electrons. The molecule has 1 fully saturated rings. The number of fused-ring (bicyclic) bond motifs is 1. The highest BCUT2D eigenvalue weighted by Gasteiger charge is 2.28. The lowest BCUT2D eigenvalue weighted by molar-refractivity contribution is 0.0535. The van der Waals surface area contributed by atoms with Crippen molar-refractivity contribution in [3.63, 3.8) is 0 Å². The first kappa shape index (κ1) is 21.2. The van der Waals surface area contributed by atoms with Crippen molar-refractivity contribution in [2.45, 2.75) is 40.0 Å². The van der Waals surface area contributed by atoms with Crippen LogP contribution < -0.4 is 5.32 Å². The first-order chi connectivity index (χ1) is 15.9. The third-order valence-electron chi connectivity index (χ3n) is 6.47. The first-order valence-electron chi connectivity index (χ1n) is 11.0. The Balaban J connectivity index is 1.31. The van der Waals surface area contributed by atoms with Gasteiger partial charge in [-0.3, -0.25) is 9.47 Å². The topological polar surface area (TPSA) is 109 Å². The van der Waals surface area contributed by atoms with Crippen molar-refractivity contribution in [1.82, 2.24) is 29.7 Å². The second-order valence-corrected chi connectivity index (χ2v) is 8.58. The molecule has 4 heterocycles. The minimum Gasteiger partial charge on any atom is -0.457 e. The van der Waals surface area contributed by atoms with E-state index in [0.29, 0.717) is 41.6 Å². The second-order valence-electron chi connectivity index (χ2n) is 8.58. The van der Waals surface area contributed by atoms with Crippen LogP contribution in [0.5, 0.6) is 0 Å². The number of carbonyl (C=O) groups is 1. The van der Waals surface area contributed by atoms with Gasteiger partial charge in [0.05, 0.1) is 28.2 Å². The standard InChI is InChI=1S/C24H25N7O2/c1-14-18(4-5-19-21(14)12-33-23(19)32)22-11-30(7-6-26-22)9-17-10-31(13-27-17)24-28-15(2)20(8-25)16(3)29-24/h4-5,10,13,22,26H,6-7,9,11-12H2,1-3H3/t22-/m0/s1. The monoisotopic (exact) mass is 443 g/mol. The van der Waals surface area contributed by atoms with Crippen molar-refractivity contribution in [3.05, 3.63) is 69.6 Å². The number of ether oxygens (including phenoxy) is 1. The predicted molar refractivity (Wildman–Crippen MR) is 120 cm³/mol. The van der Waals surface area contributed by atoms with Crippen molar-refractivity contribution in [2.75, 3.05) is 19.6 Å². The molecule has 1 atom stereocenters. The number of benzene rings is 1. The van der Waals surface area contributed by atoms with Gasteiger partial charge in [0, 0.05) is 44.0 Å². The molecule has 168 valence electrons. The third kappa shape index (κ3) is 3.88. The summed E-state index contributed by atoms with van der Waals surface area (Å²) in [6, 6.07) is 6.26. The number of hydrogen-bond acceptors (Lipinski definition) is 8. The van der Waals surface area contributed by atoms with E-state index in [1.54, 1.807) is 10.9 Å². The van der Waals surface area contributed by atoms with E-state index >= 15 is 0 Å². The Morgan fingerprint density at radius 1 is 1.24 bits per heavy atom. The van der Waals surface area contributed by atoms with Gasteiger partial charge in [-0.1, -0.05) is 6.07 Å². The Morgan fingerprint density at radius 2 is 2.03 bits per heavy atom. The van der Waals surface area contributed by atoms with Crippen LogP contribution in [0.4, 0.5) is 0 Å². The largest absolute Gasteiger partial charge is 0.457 e. The van der Waals surface area contributed by atoms with Crippen molar-refractivity contribution in [1.29, 1.82) is 5.26 Å². The fourth-order valence-electron chi connectivity index (χ4n) is 4.67. The number of esters is 1. The number of aromatic nitrogens is 4. The first-order valence-corrected chi connectivity index (χ1v) is 11.0. The summed E-state index contributed by atoms with van der Waals surface area (Å²) in [5.41, 5.74) is 6.80. The van der Waals surface area contributed by atoms with Crippen LogP contribution in [0.25, 0.3) is 5.95 Å². The van der Waals surface area contributed by atoms with Crippen LogP contribution in [-0.4, -0.2) is 50.0 Å². The summed E-state index contributed by atoms with van der Waals surface area (Å²) in [6.07, 6.45) is 3.66. The Kier molecular flexibility index (Phi) is 5.40. The zero-order valence-electron chi connectivity index (χ0n) is 18.9. The fraction of sp³-hybridized carbons (Fsp3) is 0.375. The molecule has 2 aromatic heterocycles. The number of nitrogens with one attached hydrogen (secondary N) is 1. The number of piperazine rings is 1. The molecule has 0 bridgehead atoms. The molecule has 2 aliphatic rings. The molecule has 9 nitrogen and oxygen atoms in total. The van der Waals surface area contributed by atoms with Crippen molar-refractivity contribution in [3.8, 4) is 12.0 Å². The third-order valence-corrected chi connectivity index (χ3v) is 6.47. The lowest BCUT2D eigenvalue weighted by Crippen LogP contribution is -2.45. The summed E-state index contributed by atoms with van der Waals surface area (Å²) in [4.78, 5) is 27.7. The Morgan fingerprint density at radius 3 is 2.79 bits per heavy atom. The predicted octanol–water partition coefficient (Wildman–Crippen LogP) is 2.28. The zero-order chi connectivity index (χ0) is 23.1. The molecule has 0 amide bonds. The van der Waals surface area contributed by atoms with E-state index in [9.17, 15) is 10.1 Å². The lowest BCUT2D eigenvalue weighted by atomic mass is 9.93. The number of nitriles is 1. The molecule has 0 spiro atoms. The van der Waals surface area contributed by atoms with Crippen LogP contribution in [-0.2, 0) is 17.9 Å². The molecule has 0 unspecified atom stereocenters. The molecule has 1 saturated heterocycles. The van der Waals surface area contributed by atoms with Gasteiger partial charge in [0.2, 0.25) is 5.95 Å². The quantitative estimate of drug-likeness (QED) is 0.612. The Bertz CT molecular complexity index is 1270. The molecule has 33 heavy (non-hydrogen) atoms. The molecule has 9 heteroatoms. The molecular weight excluding hydrogens is 418 g/mol. The van der Waals surface area contributed by atoms with Crippen LogP contribution in [0.3, 0.4) is 0 Å². The summed E-state index contributed by atoms with van der Waals surface area (Å²) in [5, 5.41) is 12.9. The van der Waals surface area contributed by atoms with Crippen LogP contribution in [0.2, 0.25) is 0 Å². The fourth-order valence-corrected chi connectivity index (χ4v) is 4.67. The number of aryl methyl sites for hydroxylation is 2. The molecule has 1 N–H and O–H groups in total. The summed E-state index contributed by atoms with van der Waals surface area (Å²) < 4.78 is 7.01. The number of imidazole rings is 1. The van der Waals surface area contributed by atoms with Crippen molar-refractivity contribution in [2.24, 2.45) is 0 Å². The highest BCUT2D eigenvalue weighted by Crippen LogP contribution is 2.30. The lowest BCUT2D eigenvalue weighted by Gasteiger charge is -2.34. The van der Waals surface area contributed by atoms with E-state index < -0.39 is 0 Å². The van der Waals surface area contributed by atoms with Gasteiger partial charge in [-0.2, -0.15) is 5.26 Å². The highest BCUT2D eigenvalue weighted by atomic mass is 16.5. The number of rotatable bonds is 4. The SMILES string of the molecule is Cc1nc(-n2cnc(CN3CCN[C@H](c4ccc5c(c4C)COC5=O)C3)c2)nc(C)c1C#N. The molecule has 2 aliphatic heterocycles. The second kappa shape index (κ2) is 8.39. The van der Waals surface area contributed by atoms with Crippen molar-refractivity contribution >= 4 is 5.97 Å². The number of carbonyl (C=O) groups excluding carboxylic acids is 1.